The number of nitrogens with zero attached hydrogens (tertiary/aromatic N) is 1. The molecule has 0 aliphatic heterocycles. The zero-order valence-electron chi connectivity index (χ0n) is 16.8. The molecule has 1 aromatic heterocycles. The van der Waals surface area contributed by atoms with Gasteiger partial charge in [-0.25, -0.2) is 9.37 Å². The molecule has 2 aromatic carbocycles. The number of aromatic amines is 1. The van der Waals surface area contributed by atoms with Crippen LogP contribution < -0.4 is 10.6 Å². The molecule has 0 saturated heterocycles. The molecule has 31 heavy (non-hydrogen) atoms. The topological polar surface area (TPSA) is 113 Å². The van der Waals surface area contributed by atoms with Crippen LogP contribution in [0.25, 0.3) is 0 Å². The minimum Gasteiger partial charge on any atom is -0.383 e. The Morgan fingerprint density at radius 2 is 1.74 bits per heavy atom. The summed E-state index contributed by atoms with van der Waals surface area (Å²) in [6.07, 6.45) is 1.41. The van der Waals surface area contributed by atoms with Crippen molar-refractivity contribution in [1.82, 2.24) is 15.3 Å². The number of anilines is 1. The van der Waals surface area contributed by atoms with Crippen molar-refractivity contribution < 1.29 is 23.5 Å². The van der Waals surface area contributed by atoms with Crippen molar-refractivity contribution in [3.8, 4) is 0 Å². The molecule has 0 aliphatic carbocycles. The van der Waals surface area contributed by atoms with Crippen molar-refractivity contribution in [2.75, 3.05) is 25.6 Å². The molecule has 3 N–H and O–H groups in total. The molecule has 3 rings (SSSR count). The SMILES string of the molecule is COCCNC(=O)c1[nH]cnc1C(=O)Nc1ccc(CC(=O)c2ccc(F)cc2)cc1. The molecule has 160 valence electrons. The first-order valence-corrected chi connectivity index (χ1v) is 9.47. The molecule has 1 heterocycles. The Morgan fingerprint density at radius 3 is 2.42 bits per heavy atom. The normalized spacial score (nSPS) is 10.5. The van der Waals surface area contributed by atoms with Crippen molar-refractivity contribution in [2.45, 2.75) is 6.42 Å². The average molecular weight is 424 g/mol. The van der Waals surface area contributed by atoms with Crippen LogP contribution in [-0.2, 0) is 11.2 Å². The van der Waals surface area contributed by atoms with Gasteiger partial charge >= 0.3 is 0 Å². The third-order valence-electron chi connectivity index (χ3n) is 4.42. The standard InChI is InChI=1S/C22H21FN4O4/c1-31-11-10-24-21(29)19-20(26-13-25-19)22(30)27-17-8-2-14(3-9-17)12-18(28)15-4-6-16(23)7-5-15/h2-9,13H,10-12H2,1H3,(H,24,29)(H,25,26)(H,27,30). The van der Waals surface area contributed by atoms with Crippen molar-refractivity contribution in [3.63, 3.8) is 0 Å². The molecule has 0 spiro atoms. The predicted molar refractivity (Wildman–Crippen MR) is 112 cm³/mol. The van der Waals surface area contributed by atoms with Gasteiger partial charge < -0.3 is 20.4 Å². The number of carbonyl (C=O) groups is 3. The highest BCUT2D eigenvalue weighted by Crippen LogP contribution is 2.14. The van der Waals surface area contributed by atoms with Gasteiger partial charge in [-0.05, 0) is 42.0 Å². The first-order chi connectivity index (χ1) is 15.0. The second kappa shape index (κ2) is 10.3. The minimum absolute atomic E-state index is 0.0366. The zero-order valence-corrected chi connectivity index (χ0v) is 16.8. The number of carbonyl (C=O) groups excluding carboxylic acids is 3. The Bertz CT molecular complexity index is 1060. The molecular formula is C22H21FN4O4. The van der Waals surface area contributed by atoms with Crippen LogP contribution in [0.4, 0.5) is 10.1 Å². The van der Waals surface area contributed by atoms with Crippen molar-refractivity contribution >= 4 is 23.3 Å². The highest BCUT2D eigenvalue weighted by Gasteiger charge is 2.20. The van der Waals surface area contributed by atoms with Crippen LogP contribution in [0.5, 0.6) is 0 Å². The molecule has 0 atom stereocenters. The van der Waals surface area contributed by atoms with E-state index in [1.54, 1.807) is 24.3 Å². The minimum atomic E-state index is -0.548. The van der Waals surface area contributed by atoms with Gasteiger partial charge in [0, 0.05) is 31.3 Å². The number of amides is 2. The highest BCUT2D eigenvalue weighted by atomic mass is 19.1. The average Bonchev–Trinajstić information content (AvgIpc) is 3.26. The van der Waals surface area contributed by atoms with Gasteiger partial charge in [0.1, 0.15) is 11.5 Å². The lowest BCUT2D eigenvalue weighted by Gasteiger charge is -2.07. The number of ether oxygens (including phenoxy) is 1. The summed E-state index contributed by atoms with van der Waals surface area (Å²) in [6.45, 7) is 0.644. The number of nitrogens with one attached hydrogen (secondary N) is 3. The summed E-state index contributed by atoms with van der Waals surface area (Å²) in [5.74, 6) is -1.55. The molecule has 0 radical (unpaired) electrons. The predicted octanol–water partition coefficient (Wildman–Crippen LogP) is 2.60. The van der Waals surface area contributed by atoms with E-state index in [0.717, 1.165) is 5.56 Å². The van der Waals surface area contributed by atoms with Gasteiger partial charge in [0.05, 0.1) is 12.9 Å². The maximum absolute atomic E-state index is 13.0. The fraction of sp³-hybridized carbons (Fsp3) is 0.182. The van der Waals surface area contributed by atoms with Crippen molar-refractivity contribution in [3.05, 3.63) is 83.2 Å². The summed E-state index contributed by atoms with van der Waals surface area (Å²) in [5.41, 5.74) is 1.66. The smallest absolute Gasteiger partial charge is 0.276 e. The number of benzene rings is 2. The number of halogens is 1. The van der Waals surface area contributed by atoms with E-state index in [-0.39, 0.29) is 23.6 Å². The lowest BCUT2D eigenvalue weighted by molar-refractivity contribution is 0.0921. The van der Waals surface area contributed by atoms with Crippen LogP contribution in [0.2, 0.25) is 0 Å². The lowest BCUT2D eigenvalue weighted by atomic mass is 10.0. The van der Waals surface area contributed by atoms with E-state index in [1.165, 1.54) is 37.7 Å². The summed E-state index contributed by atoms with van der Waals surface area (Å²) >= 11 is 0. The number of H-pyrrole nitrogens is 1. The summed E-state index contributed by atoms with van der Waals surface area (Å²) in [7, 11) is 1.52. The summed E-state index contributed by atoms with van der Waals surface area (Å²) < 4.78 is 17.9. The third kappa shape index (κ3) is 5.83. The number of hydrogen-bond donors (Lipinski definition) is 3. The van der Waals surface area contributed by atoms with Gasteiger partial charge in [0.2, 0.25) is 0 Å². The van der Waals surface area contributed by atoms with Gasteiger partial charge in [0.15, 0.2) is 11.5 Å². The molecule has 0 unspecified atom stereocenters. The fourth-order valence-electron chi connectivity index (χ4n) is 2.81. The number of Topliss-reactive ketones (excluding diaryl/α,β-unsaturated/α-hetero) is 1. The summed E-state index contributed by atoms with van der Waals surface area (Å²) in [4.78, 5) is 43.6. The van der Waals surface area contributed by atoms with E-state index in [0.29, 0.717) is 24.4 Å². The highest BCUT2D eigenvalue weighted by molar-refractivity contribution is 6.10. The van der Waals surface area contributed by atoms with Crippen LogP contribution >= 0.6 is 0 Å². The van der Waals surface area contributed by atoms with Crippen molar-refractivity contribution in [1.29, 1.82) is 0 Å². The van der Waals surface area contributed by atoms with E-state index in [1.807, 2.05) is 0 Å². The van der Waals surface area contributed by atoms with E-state index in [9.17, 15) is 18.8 Å². The molecule has 3 aromatic rings. The quantitative estimate of drug-likeness (QED) is 0.361. The Morgan fingerprint density at radius 1 is 1.03 bits per heavy atom. The molecule has 0 saturated carbocycles. The second-order valence-electron chi connectivity index (χ2n) is 6.63. The molecule has 0 fully saturated rings. The Kier molecular flexibility index (Phi) is 7.23. The van der Waals surface area contributed by atoms with E-state index >= 15 is 0 Å². The Labute approximate surface area is 177 Å². The second-order valence-corrected chi connectivity index (χ2v) is 6.63. The first-order valence-electron chi connectivity index (χ1n) is 9.47. The van der Waals surface area contributed by atoms with Crippen LogP contribution in [0.1, 0.15) is 36.9 Å². The number of methoxy groups -OCH3 is 1. The third-order valence-corrected chi connectivity index (χ3v) is 4.42. The van der Waals surface area contributed by atoms with Gasteiger partial charge in [-0.1, -0.05) is 12.1 Å². The van der Waals surface area contributed by atoms with Crippen LogP contribution in [0.3, 0.4) is 0 Å². The summed E-state index contributed by atoms with van der Waals surface area (Å²) in [5, 5.41) is 5.29. The van der Waals surface area contributed by atoms with Gasteiger partial charge in [-0.15, -0.1) is 0 Å². The molecule has 9 heteroatoms. The van der Waals surface area contributed by atoms with E-state index in [2.05, 4.69) is 20.6 Å². The number of rotatable bonds is 9. The molecular weight excluding hydrogens is 403 g/mol. The number of imidazole rings is 1. The summed E-state index contributed by atoms with van der Waals surface area (Å²) in [6, 6.07) is 12.1. The number of aromatic nitrogens is 2. The zero-order chi connectivity index (χ0) is 22.2. The van der Waals surface area contributed by atoms with Gasteiger partial charge in [-0.3, -0.25) is 14.4 Å². The van der Waals surface area contributed by atoms with E-state index < -0.39 is 17.6 Å². The van der Waals surface area contributed by atoms with E-state index in [4.69, 9.17) is 4.74 Å². The number of hydrogen-bond acceptors (Lipinski definition) is 5. The molecule has 2 amide bonds. The van der Waals surface area contributed by atoms with Crippen LogP contribution in [0, 0.1) is 5.82 Å². The van der Waals surface area contributed by atoms with Gasteiger partial charge in [0.25, 0.3) is 11.8 Å². The van der Waals surface area contributed by atoms with Gasteiger partial charge in [-0.2, -0.15) is 0 Å². The Balaban J connectivity index is 1.60. The molecule has 8 nitrogen and oxygen atoms in total. The van der Waals surface area contributed by atoms with Crippen LogP contribution in [-0.4, -0.2) is 47.8 Å². The molecule has 0 bridgehead atoms. The Hall–Kier alpha value is -3.85. The van der Waals surface area contributed by atoms with Crippen molar-refractivity contribution in [2.24, 2.45) is 0 Å². The fourth-order valence-corrected chi connectivity index (χ4v) is 2.81. The largest absolute Gasteiger partial charge is 0.383 e. The lowest BCUT2D eigenvalue weighted by Crippen LogP contribution is -2.29. The number of ketones is 1. The maximum atomic E-state index is 13.0. The maximum Gasteiger partial charge on any atom is 0.276 e. The van der Waals surface area contributed by atoms with Crippen LogP contribution in [0.15, 0.2) is 54.9 Å². The first kappa shape index (κ1) is 21.8. The molecule has 0 aliphatic rings. The monoisotopic (exact) mass is 424 g/mol.